The molecule has 236 valence electrons. The summed E-state index contributed by atoms with van der Waals surface area (Å²) in [6, 6.07) is 0. The van der Waals surface area contributed by atoms with E-state index in [1.54, 1.807) is 5.57 Å². The molecule has 0 aromatic carbocycles. The second-order valence-electron chi connectivity index (χ2n) is 14.3. The lowest BCUT2D eigenvalue weighted by Gasteiger charge is -2.58. The molecule has 8 heteroatoms. The average Bonchev–Trinajstić information content (AvgIpc) is 3.27. The first kappa shape index (κ1) is 35.1. The molecule has 0 unspecified atom stereocenters. The molecule has 41 heavy (non-hydrogen) atoms. The van der Waals surface area contributed by atoms with Gasteiger partial charge in [0.1, 0.15) is 11.9 Å². The Morgan fingerprint density at radius 1 is 1.05 bits per heavy atom. The van der Waals surface area contributed by atoms with Gasteiger partial charge in [-0.15, -0.1) is 12.4 Å². The number of carbonyl (C=O) groups is 2. The van der Waals surface area contributed by atoms with Gasteiger partial charge in [-0.25, -0.2) is 0 Å². The van der Waals surface area contributed by atoms with Gasteiger partial charge in [0.15, 0.2) is 0 Å². The first-order chi connectivity index (χ1) is 19.1. The zero-order valence-electron chi connectivity index (χ0n) is 26.3. The van der Waals surface area contributed by atoms with Crippen LogP contribution in [0.15, 0.2) is 11.6 Å². The van der Waals surface area contributed by atoms with Gasteiger partial charge in [-0.3, -0.25) is 9.59 Å². The quantitative estimate of drug-likeness (QED) is 0.0937. The number of halogens is 1. The maximum absolute atomic E-state index is 12.5. The van der Waals surface area contributed by atoms with Crippen molar-refractivity contribution in [2.75, 3.05) is 24.6 Å². The standard InChI is InChI=1S/C33H56N2O3S2.ClH/c1-22(2)7-6-8-23(3)27-11-12-28-26-10-9-24-19-25(13-15-32(24,4)29(26)14-16-33(27,28)5)38-31(37)21-40-39-20-30(36)35-18-17-34;/h9,22-23,25-29H,6-8,10-21,34H2,1-5H3,(H,35,36);1H/t23-,25+,26+,27-,28+,29+,32+,33-;/m1./s1. The summed E-state index contributed by atoms with van der Waals surface area (Å²) in [5.74, 6) is 5.47. The topological polar surface area (TPSA) is 81.4 Å². The highest BCUT2D eigenvalue weighted by Gasteiger charge is 2.59. The molecule has 0 heterocycles. The molecule has 3 fully saturated rings. The number of fused-ring (bicyclic) bond motifs is 5. The van der Waals surface area contributed by atoms with Gasteiger partial charge in [-0.05, 0) is 91.3 Å². The predicted octanol–water partition coefficient (Wildman–Crippen LogP) is 7.82. The number of allylic oxidation sites excluding steroid dienone is 1. The molecule has 5 nitrogen and oxygen atoms in total. The van der Waals surface area contributed by atoms with Gasteiger partial charge in [0.2, 0.25) is 5.91 Å². The van der Waals surface area contributed by atoms with Crippen molar-refractivity contribution in [3.63, 3.8) is 0 Å². The minimum absolute atomic E-state index is 0. The van der Waals surface area contributed by atoms with Crippen LogP contribution in [0.25, 0.3) is 0 Å². The Morgan fingerprint density at radius 3 is 2.54 bits per heavy atom. The summed E-state index contributed by atoms with van der Waals surface area (Å²) in [6.07, 6.45) is 16.6. The monoisotopic (exact) mass is 628 g/mol. The van der Waals surface area contributed by atoms with Crippen molar-refractivity contribution in [2.24, 2.45) is 52.1 Å². The van der Waals surface area contributed by atoms with Gasteiger partial charge < -0.3 is 15.8 Å². The molecule has 0 radical (unpaired) electrons. The summed E-state index contributed by atoms with van der Waals surface area (Å²) >= 11 is 0. The van der Waals surface area contributed by atoms with Crippen LogP contribution in [0.1, 0.15) is 105 Å². The van der Waals surface area contributed by atoms with E-state index in [0.717, 1.165) is 54.8 Å². The van der Waals surface area contributed by atoms with Gasteiger partial charge in [-0.1, -0.05) is 87.1 Å². The summed E-state index contributed by atoms with van der Waals surface area (Å²) in [6.45, 7) is 13.4. The van der Waals surface area contributed by atoms with Crippen LogP contribution in [0.5, 0.6) is 0 Å². The Morgan fingerprint density at radius 2 is 1.80 bits per heavy atom. The molecular weight excluding hydrogens is 572 g/mol. The van der Waals surface area contributed by atoms with Crippen molar-refractivity contribution >= 4 is 45.9 Å². The molecule has 3 N–H and O–H groups in total. The Balaban J connectivity index is 0.00000462. The van der Waals surface area contributed by atoms with E-state index in [-0.39, 0.29) is 41.6 Å². The Hall–Kier alpha value is -0.370. The van der Waals surface area contributed by atoms with Crippen molar-refractivity contribution < 1.29 is 14.3 Å². The molecule has 0 bridgehead atoms. The van der Waals surface area contributed by atoms with Gasteiger partial charge in [0, 0.05) is 19.5 Å². The van der Waals surface area contributed by atoms with Crippen LogP contribution < -0.4 is 11.1 Å². The number of esters is 1. The number of nitrogens with one attached hydrogen (secondary N) is 1. The molecule has 0 saturated heterocycles. The number of amides is 1. The van der Waals surface area contributed by atoms with Crippen molar-refractivity contribution in [3.05, 3.63) is 11.6 Å². The predicted molar refractivity (Wildman–Crippen MR) is 177 cm³/mol. The zero-order valence-corrected chi connectivity index (χ0v) is 28.7. The highest BCUT2D eigenvalue weighted by atomic mass is 35.5. The van der Waals surface area contributed by atoms with E-state index in [9.17, 15) is 9.59 Å². The molecule has 3 saturated carbocycles. The van der Waals surface area contributed by atoms with Crippen molar-refractivity contribution in [2.45, 2.75) is 111 Å². The summed E-state index contributed by atoms with van der Waals surface area (Å²) in [5, 5.41) is 2.75. The summed E-state index contributed by atoms with van der Waals surface area (Å²) < 4.78 is 5.93. The van der Waals surface area contributed by atoms with E-state index in [1.165, 1.54) is 73.0 Å². The molecule has 8 atom stereocenters. The first-order valence-corrected chi connectivity index (χ1v) is 18.7. The maximum Gasteiger partial charge on any atom is 0.317 e. The molecule has 0 aromatic heterocycles. The van der Waals surface area contributed by atoms with E-state index >= 15 is 0 Å². The molecule has 0 aromatic rings. The van der Waals surface area contributed by atoms with Crippen molar-refractivity contribution in [1.29, 1.82) is 0 Å². The van der Waals surface area contributed by atoms with Crippen LogP contribution in [0, 0.1) is 46.3 Å². The molecular formula is C33H57ClN2O3S2. The first-order valence-electron chi connectivity index (χ1n) is 16.2. The van der Waals surface area contributed by atoms with E-state index in [0.29, 0.717) is 24.3 Å². The van der Waals surface area contributed by atoms with Gasteiger partial charge in [-0.2, -0.15) is 0 Å². The van der Waals surface area contributed by atoms with Crippen LogP contribution in [-0.2, 0) is 14.3 Å². The highest BCUT2D eigenvalue weighted by molar-refractivity contribution is 8.77. The van der Waals surface area contributed by atoms with Crippen LogP contribution in [-0.4, -0.2) is 42.6 Å². The summed E-state index contributed by atoms with van der Waals surface area (Å²) in [5.41, 5.74) is 7.77. The van der Waals surface area contributed by atoms with E-state index < -0.39 is 0 Å². The number of rotatable bonds is 13. The number of hydrogen-bond acceptors (Lipinski definition) is 6. The molecule has 4 aliphatic carbocycles. The van der Waals surface area contributed by atoms with E-state index in [4.69, 9.17) is 10.5 Å². The van der Waals surface area contributed by atoms with E-state index in [2.05, 4.69) is 46.0 Å². The molecule has 1 amide bonds. The third kappa shape index (κ3) is 8.22. The van der Waals surface area contributed by atoms with Crippen LogP contribution in [0.2, 0.25) is 0 Å². The number of carbonyl (C=O) groups excluding carboxylic acids is 2. The van der Waals surface area contributed by atoms with Gasteiger partial charge >= 0.3 is 5.97 Å². The smallest absolute Gasteiger partial charge is 0.317 e. The second kappa shape index (κ2) is 15.6. The SMILES string of the molecule is CC(C)CCC[C@@H](C)[C@H]1CC[C@H]2[C@@H]3CC=C4C[C@@H](OC(=O)CSSCC(=O)NCCN)CC[C@]4(C)[C@H]3CC[C@]12C.Cl. The Bertz CT molecular complexity index is 917. The third-order valence-corrected chi connectivity index (χ3v) is 13.6. The average molecular weight is 629 g/mol. The number of hydrogen-bond donors (Lipinski definition) is 2. The summed E-state index contributed by atoms with van der Waals surface area (Å²) in [7, 11) is 2.80. The minimum atomic E-state index is -0.157. The van der Waals surface area contributed by atoms with Crippen molar-refractivity contribution in [1.82, 2.24) is 5.32 Å². The number of ether oxygens (including phenoxy) is 1. The molecule has 0 aliphatic heterocycles. The lowest BCUT2D eigenvalue weighted by Crippen LogP contribution is -2.51. The van der Waals surface area contributed by atoms with Crippen molar-refractivity contribution in [3.8, 4) is 0 Å². The zero-order chi connectivity index (χ0) is 28.9. The molecule has 4 rings (SSSR count). The lowest BCUT2D eigenvalue weighted by molar-refractivity contribution is -0.148. The molecule has 4 aliphatic rings. The normalized spacial score (nSPS) is 34.9. The maximum atomic E-state index is 12.5. The minimum Gasteiger partial charge on any atom is -0.461 e. The van der Waals surface area contributed by atoms with Crippen LogP contribution in [0.3, 0.4) is 0 Å². The third-order valence-electron chi connectivity index (χ3n) is 11.5. The highest BCUT2D eigenvalue weighted by Crippen LogP contribution is 2.67. The number of nitrogens with two attached hydrogens (primary N) is 1. The van der Waals surface area contributed by atoms with Gasteiger partial charge in [0.25, 0.3) is 0 Å². The van der Waals surface area contributed by atoms with Gasteiger partial charge in [0.05, 0.1) is 5.75 Å². The van der Waals surface area contributed by atoms with Crippen LogP contribution >= 0.6 is 34.0 Å². The Labute approximate surface area is 264 Å². The largest absolute Gasteiger partial charge is 0.461 e. The molecule has 0 spiro atoms. The van der Waals surface area contributed by atoms with Crippen LogP contribution in [0.4, 0.5) is 0 Å². The summed E-state index contributed by atoms with van der Waals surface area (Å²) in [4.78, 5) is 24.2. The fourth-order valence-corrected chi connectivity index (χ4v) is 11.1. The lowest BCUT2D eigenvalue weighted by atomic mass is 9.47. The fraction of sp³-hybridized carbons (Fsp3) is 0.879. The Kier molecular flexibility index (Phi) is 13.3. The van der Waals surface area contributed by atoms with E-state index in [1.807, 2.05) is 0 Å². The second-order valence-corrected chi connectivity index (χ2v) is 16.8. The fourth-order valence-electron chi connectivity index (χ4n) is 9.42.